The smallest absolute Gasteiger partial charge is 0.227 e. The molecule has 1 aliphatic rings. The lowest BCUT2D eigenvalue weighted by Crippen LogP contribution is -2.48. The van der Waals surface area contributed by atoms with Gasteiger partial charge in [-0.1, -0.05) is 69.3 Å². The van der Waals surface area contributed by atoms with Crippen LogP contribution in [0.15, 0.2) is 60.7 Å². The molecule has 0 atom stereocenters. The minimum atomic E-state index is 0.265. The van der Waals surface area contributed by atoms with E-state index in [0.717, 1.165) is 51.0 Å². The van der Waals surface area contributed by atoms with Crippen LogP contribution in [-0.2, 0) is 11.2 Å². The molecule has 1 heterocycles. The average molecular weight is 381 g/mol. The molecule has 1 fully saturated rings. The van der Waals surface area contributed by atoms with Gasteiger partial charge in [-0.15, -0.1) is 0 Å². The van der Waals surface area contributed by atoms with Gasteiger partial charge in [-0.05, 0) is 43.4 Å². The molecule has 28 heavy (non-hydrogen) atoms. The van der Waals surface area contributed by atoms with E-state index in [1.807, 2.05) is 32.0 Å². The van der Waals surface area contributed by atoms with E-state index in [1.54, 1.807) is 0 Å². The molecule has 1 aliphatic heterocycles. The zero-order valence-corrected chi connectivity index (χ0v) is 17.8. The topological polar surface area (TPSA) is 23.6 Å². The van der Waals surface area contributed by atoms with Crippen molar-refractivity contribution in [1.29, 1.82) is 0 Å². The molecule has 0 N–H and O–H groups in total. The molecule has 0 bridgehead atoms. The summed E-state index contributed by atoms with van der Waals surface area (Å²) in [6.07, 6.45) is 4.74. The molecule has 0 aromatic heterocycles. The number of nitrogens with zero attached hydrogens (tertiary/aromatic N) is 2. The Kier molecular flexibility index (Phi) is 9.78. The predicted octanol–water partition coefficient (Wildman–Crippen LogP) is 5.55. The van der Waals surface area contributed by atoms with Crippen LogP contribution in [0, 0.1) is 0 Å². The Morgan fingerprint density at radius 2 is 1.54 bits per heavy atom. The second kappa shape index (κ2) is 12.4. The highest BCUT2D eigenvalue weighted by atomic mass is 16.2. The van der Waals surface area contributed by atoms with Crippen LogP contribution in [0.25, 0.3) is 0 Å². The average Bonchev–Trinajstić information content (AvgIpc) is 2.76. The maximum atomic E-state index is 12.7. The Morgan fingerprint density at radius 3 is 2.11 bits per heavy atom. The largest absolute Gasteiger partial charge is 0.309 e. The lowest BCUT2D eigenvalue weighted by molar-refractivity contribution is -0.119. The Hall–Kier alpha value is -2.13. The van der Waals surface area contributed by atoms with Gasteiger partial charge in [0.2, 0.25) is 5.91 Å². The lowest BCUT2D eigenvalue weighted by atomic mass is 10.0. The van der Waals surface area contributed by atoms with E-state index in [0.29, 0.717) is 12.5 Å². The third-order valence-electron chi connectivity index (χ3n) is 5.25. The van der Waals surface area contributed by atoms with Crippen LogP contribution in [-0.4, -0.2) is 36.5 Å². The van der Waals surface area contributed by atoms with E-state index < -0.39 is 0 Å². The first-order valence-electron chi connectivity index (χ1n) is 10.9. The lowest BCUT2D eigenvalue weighted by Gasteiger charge is -2.38. The summed E-state index contributed by atoms with van der Waals surface area (Å²) in [7, 11) is 0. The zero-order valence-electron chi connectivity index (χ0n) is 17.8. The molecule has 0 unspecified atom stereocenters. The molecule has 1 amide bonds. The zero-order chi connectivity index (χ0) is 20.2. The third-order valence-corrected chi connectivity index (χ3v) is 5.25. The first kappa shape index (κ1) is 22.2. The van der Waals surface area contributed by atoms with Gasteiger partial charge in [0.25, 0.3) is 0 Å². The van der Waals surface area contributed by atoms with Gasteiger partial charge < -0.3 is 9.80 Å². The summed E-state index contributed by atoms with van der Waals surface area (Å²) in [4.78, 5) is 17.4. The van der Waals surface area contributed by atoms with Crippen LogP contribution in [0.4, 0.5) is 5.69 Å². The van der Waals surface area contributed by atoms with Crippen molar-refractivity contribution >= 4 is 11.6 Å². The number of para-hydroxylation sites is 1. The molecule has 0 saturated carbocycles. The summed E-state index contributed by atoms with van der Waals surface area (Å²) in [6.45, 7) is 9.32. The summed E-state index contributed by atoms with van der Waals surface area (Å²) < 4.78 is 0. The normalized spacial score (nSPS) is 14.8. The number of anilines is 1. The Morgan fingerprint density at radius 1 is 0.964 bits per heavy atom. The van der Waals surface area contributed by atoms with E-state index in [9.17, 15) is 4.79 Å². The molecule has 2 aromatic carbocycles. The van der Waals surface area contributed by atoms with Gasteiger partial charge >= 0.3 is 0 Å². The summed E-state index contributed by atoms with van der Waals surface area (Å²) >= 11 is 0. The SMILES string of the molecule is CC.CCCC(=O)N(c1ccccc1)C1CCN(CCc2ccccc2)CC1. The van der Waals surface area contributed by atoms with Gasteiger partial charge in [0, 0.05) is 37.8 Å². The molecule has 0 radical (unpaired) electrons. The fraction of sp³-hybridized carbons (Fsp3) is 0.480. The maximum absolute atomic E-state index is 12.7. The number of likely N-dealkylation sites (tertiary alicyclic amines) is 1. The summed E-state index contributed by atoms with van der Waals surface area (Å²) in [5, 5.41) is 0. The molecule has 0 spiro atoms. The molecule has 1 saturated heterocycles. The predicted molar refractivity (Wildman–Crippen MR) is 120 cm³/mol. The van der Waals surface area contributed by atoms with Crippen molar-refractivity contribution in [1.82, 2.24) is 4.90 Å². The van der Waals surface area contributed by atoms with Crippen LogP contribution in [0.5, 0.6) is 0 Å². The quantitative estimate of drug-likeness (QED) is 0.628. The van der Waals surface area contributed by atoms with Crippen molar-refractivity contribution in [3.8, 4) is 0 Å². The fourth-order valence-corrected chi connectivity index (χ4v) is 3.81. The monoisotopic (exact) mass is 380 g/mol. The van der Waals surface area contributed by atoms with Crippen molar-refractivity contribution in [2.24, 2.45) is 0 Å². The number of carbonyl (C=O) groups is 1. The van der Waals surface area contributed by atoms with Gasteiger partial charge in [0.05, 0.1) is 0 Å². The molecule has 152 valence electrons. The van der Waals surface area contributed by atoms with Crippen LogP contribution < -0.4 is 4.90 Å². The van der Waals surface area contributed by atoms with Crippen LogP contribution in [0.1, 0.15) is 52.0 Å². The van der Waals surface area contributed by atoms with E-state index in [-0.39, 0.29) is 5.91 Å². The minimum Gasteiger partial charge on any atom is -0.309 e. The molecular formula is C25H36N2O. The van der Waals surface area contributed by atoms with Gasteiger partial charge in [-0.25, -0.2) is 0 Å². The van der Waals surface area contributed by atoms with Crippen molar-refractivity contribution < 1.29 is 4.79 Å². The number of amides is 1. The molecule has 0 aliphatic carbocycles. The second-order valence-electron chi connectivity index (χ2n) is 7.16. The van der Waals surface area contributed by atoms with Crippen molar-refractivity contribution in [2.45, 2.75) is 58.9 Å². The minimum absolute atomic E-state index is 0.265. The van der Waals surface area contributed by atoms with Gasteiger partial charge in [0.1, 0.15) is 0 Å². The van der Waals surface area contributed by atoms with E-state index in [2.05, 4.69) is 59.2 Å². The summed E-state index contributed by atoms with van der Waals surface area (Å²) in [5.74, 6) is 0.265. The Balaban J connectivity index is 0.00000136. The first-order valence-corrected chi connectivity index (χ1v) is 10.9. The van der Waals surface area contributed by atoms with Crippen molar-refractivity contribution in [2.75, 3.05) is 24.5 Å². The van der Waals surface area contributed by atoms with Crippen LogP contribution >= 0.6 is 0 Å². The van der Waals surface area contributed by atoms with Crippen molar-refractivity contribution in [3.05, 3.63) is 66.2 Å². The van der Waals surface area contributed by atoms with Gasteiger partial charge in [0.15, 0.2) is 0 Å². The second-order valence-corrected chi connectivity index (χ2v) is 7.16. The number of benzene rings is 2. The number of piperidine rings is 1. The molecule has 3 rings (SSSR count). The standard InChI is InChI=1S/C23H30N2O.C2H6/c1-2-9-23(26)25(21-12-7-4-8-13-21)22-15-18-24(19-16-22)17-14-20-10-5-3-6-11-20;1-2/h3-8,10-13,22H,2,9,14-19H2,1H3;1-2H3. The summed E-state index contributed by atoms with van der Waals surface area (Å²) in [5.41, 5.74) is 2.45. The van der Waals surface area contributed by atoms with E-state index in [4.69, 9.17) is 0 Å². The van der Waals surface area contributed by atoms with E-state index in [1.165, 1.54) is 5.56 Å². The molecule has 2 aromatic rings. The number of hydrogen-bond donors (Lipinski definition) is 0. The summed E-state index contributed by atoms with van der Waals surface area (Å²) in [6, 6.07) is 21.2. The molecular weight excluding hydrogens is 344 g/mol. The van der Waals surface area contributed by atoms with Crippen LogP contribution in [0.3, 0.4) is 0 Å². The van der Waals surface area contributed by atoms with E-state index >= 15 is 0 Å². The highest BCUT2D eigenvalue weighted by molar-refractivity contribution is 5.93. The molecule has 3 heteroatoms. The number of hydrogen-bond acceptors (Lipinski definition) is 2. The Labute approximate surface area is 171 Å². The Bertz CT molecular complexity index is 663. The van der Waals surface area contributed by atoms with Gasteiger partial charge in [-0.3, -0.25) is 4.79 Å². The molecule has 3 nitrogen and oxygen atoms in total. The first-order chi connectivity index (χ1) is 13.8. The maximum Gasteiger partial charge on any atom is 0.227 e. The fourth-order valence-electron chi connectivity index (χ4n) is 3.81. The number of rotatable bonds is 7. The van der Waals surface area contributed by atoms with Crippen LogP contribution in [0.2, 0.25) is 0 Å². The highest BCUT2D eigenvalue weighted by Gasteiger charge is 2.28. The number of carbonyl (C=O) groups excluding carboxylic acids is 1. The highest BCUT2D eigenvalue weighted by Crippen LogP contribution is 2.25. The van der Waals surface area contributed by atoms with Crippen molar-refractivity contribution in [3.63, 3.8) is 0 Å². The third kappa shape index (κ3) is 6.49. The van der Waals surface area contributed by atoms with Gasteiger partial charge in [-0.2, -0.15) is 0 Å².